The fraction of sp³-hybridized carbons (Fsp3) is 0.500. The summed E-state index contributed by atoms with van der Waals surface area (Å²) in [7, 11) is 0. The fourth-order valence-corrected chi connectivity index (χ4v) is 3.98. The molecule has 0 aromatic heterocycles. The summed E-state index contributed by atoms with van der Waals surface area (Å²) in [6.07, 6.45) is 0.977. The lowest BCUT2D eigenvalue weighted by Gasteiger charge is -2.27. The van der Waals surface area contributed by atoms with Crippen molar-refractivity contribution in [3.8, 4) is 5.75 Å². The number of aliphatic imine (C=N–C) groups is 1. The van der Waals surface area contributed by atoms with Gasteiger partial charge in [0.1, 0.15) is 5.75 Å². The van der Waals surface area contributed by atoms with Crippen LogP contribution in [-0.4, -0.2) is 42.1 Å². The van der Waals surface area contributed by atoms with Gasteiger partial charge in [-0.2, -0.15) is 11.8 Å². The van der Waals surface area contributed by atoms with Crippen LogP contribution in [0.5, 0.6) is 5.75 Å². The number of hydrogen-bond donors (Lipinski definition) is 1. The molecule has 1 fully saturated rings. The van der Waals surface area contributed by atoms with Crippen molar-refractivity contribution in [3.05, 3.63) is 27.7 Å². The summed E-state index contributed by atoms with van der Waals surface area (Å²) in [5.74, 6) is 3.91. The molecule has 1 aromatic carbocycles. The molecule has 0 atom stereocenters. The smallest absolute Gasteiger partial charge is 0.191 e. The van der Waals surface area contributed by atoms with E-state index in [2.05, 4.69) is 38.0 Å². The Morgan fingerprint density at radius 2 is 2.14 bits per heavy atom. The van der Waals surface area contributed by atoms with Gasteiger partial charge in [-0.25, -0.2) is 4.99 Å². The van der Waals surface area contributed by atoms with Crippen molar-refractivity contribution >= 4 is 57.6 Å². The molecule has 0 spiro atoms. The Morgan fingerprint density at radius 1 is 1.38 bits per heavy atom. The molecule has 0 bridgehead atoms. The van der Waals surface area contributed by atoms with Crippen LogP contribution in [0.15, 0.2) is 21.6 Å². The van der Waals surface area contributed by atoms with Crippen molar-refractivity contribution in [2.45, 2.75) is 13.0 Å². The summed E-state index contributed by atoms with van der Waals surface area (Å²) in [5, 5.41) is 0. The summed E-state index contributed by atoms with van der Waals surface area (Å²) < 4.78 is 6.80. The van der Waals surface area contributed by atoms with Crippen LogP contribution in [0.25, 0.3) is 0 Å². The maximum absolute atomic E-state index is 6.09. The van der Waals surface area contributed by atoms with Crippen molar-refractivity contribution in [2.24, 2.45) is 10.7 Å². The zero-order chi connectivity index (χ0) is 13.9. The maximum Gasteiger partial charge on any atom is 0.191 e. The number of rotatable bonds is 2. The van der Waals surface area contributed by atoms with Gasteiger partial charge in [0.25, 0.3) is 0 Å². The molecule has 116 valence electrons. The van der Waals surface area contributed by atoms with E-state index in [9.17, 15) is 0 Å². The number of ether oxygens (including phenoxy) is 1. The highest BCUT2D eigenvalue weighted by molar-refractivity contribution is 14.0. The second-order valence-corrected chi connectivity index (χ2v) is 7.07. The Balaban J connectivity index is 0.00000161. The third-order valence-electron chi connectivity index (χ3n) is 3.57. The van der Waals surface area contributed by atoms with Crippen molar-refractivity contribution in [1.82, 2.24) is 4.90 Å². The zero-order valence-electron chi connectivity index (χ0n) is 11.7. The minimum Gasteiger partial charge on any atom is -0.493 e. The van der Waals surface area contributed by atoms with Gasteiger partial charge in [0.15, 0.2) is 5.96 Å². The van der Waals surface area contributed by atoms with E-state index in [1.807, 2.05) is 11.8 Å². The first kappa shape index (κ1) is 17.2. The second-order valence-electron chi connectivity index (χ2n) is 4.93. The van der Waals surface area contributed by atoms with Gasteiger partial charge < -0.3 is 15.4 Å². The summed E-state index contributed by atoms with van der Waals surface area (Å²) in [4.78, 5) is 6.71. The SMILES string of the molecule is I.NC(=NCc1cc(Br)cc2c1OCC2)N1CCSCC1. The number of benzene rings is 1. The molecule has 1 aromatic rings. The van der Waals surface area contributed by atoms with E-state index in [1.54, 1.807) is 0 Å². The van der Waals surface area contributed by atoms with Gasteiger partial charge in [0.05, 0.1) is 13.2 Å². The first-order chi connectivity index (χ1) is 9.74. The van der Waals surface area contributed by atoms with Gasteiger partial charge in [-0.3, -0.25) is 0 Å². The summed E-state index contributed by atoms with van der Waals surface area (Å²) in [6.45, 7) is 3.33. The lowest BCUT2D eigenvalue weighted by molar-refractivity contribution is 0.353. The molecule has 21 heavy (non-hydrogen) atoms. The molecule has 2 N–H and O–H groups in total. The molecule has 2 aliphatic rings. The van der Waals surface area contributed by atoms with Gasteiger partial charge in [-0.1, -0.05) is 15.9 Å². The van der Waals surface area contributed by atoms with Crippen molar-refractivity contribution in [3.63, 3.8) is 0 Å². The third kappa shape index (κ3) is 4.19. The minimum atomic E-state index is 0. The lowest BCUT2D eigenvalue weighted by Crippen LogP contribution is -2.42. The highest BCUT2D eigenvalue weighted by Crippen LogP contribution is 2.33. The van der Waals surface area contributed by atoms with Crippen LogP contribution < -0.4 is 10.5 Å². The predicted molar refractivity (Wildman–Crippen MR) is 103 cm³/mol. The van der Waals surface area contributed by atoms with Crippen LogP contribution in [-0.2, 0) is 13.0 Å². The van der Waals surface area contributed by atoms with Gasteiger partial charge >= 0.3 is 0 Å². The molecular formula is C14H19BrIN3OS. The standard InChI is InChI=1S/C14H18BrN3OS.HI/c15-12-7-10-1-4-19-13(10)11(8-12)9-17-14(16)18-2-5-20-6-3-18;/h7-8H,1-6,9H2,(H2,16,17);1H. The van der Waals surface area contributed by atoms with Gasteiger partial charge in [0, 0.05) is 41.1 Å². The Kier molecular flexibility index (Phi) is 6.49. The molecule has 1 saturated heterocycles. The van der Waals surface area contributed by atoms with Gasteiger partial charge in [0.2, 0.25) is 0 Å². The van der Waals surface area contributed by atoms with Crippen LogP contribution >= 0.6 is 51.7 Å². The monoisotopic (exact) mass is 483 g/mol. The Labute approximate surface area is 155 Å². The molecular weight excluding hydrogens is 465 g/mol. The van der Waals surface area contributed by atoms with Gasteiger partial charge in [-0.05, 0) is 17.7 Å². The Bertz CT molecular complexity index is 535. The highest BCUT2D eigenvalue weighted by atomic mass is 127. The molecule has 0 amide bonds. The van der Waals surface area contributed by atoms with E-state index >= 15 is 0 Å². The Hall–Kier alpha value is -0.150. The van der Waals surface area contributed by atoms with Crippen molar-refractivity contribution < 1.29 is 4.74 Å². The van der Waals surface area contributed by atoms with Crippen molar-refractivity contribution in [1.29, 1.82) is 0 Å². The van der Waals surface area contributed by atoms with Crippen LogP contribution in [0.4, 0.5) is 0 Å². The number of guanidine groups is 1. The molecule has 2 aliphatic heterocycles. The molecule has 0 aliphatic carbocycles. The van der Waals surface area contributed by atoms with E-state index in [1.165, 1.54) is 5.56 Å². The minimum absolute atomic E-state index is 0. The average Bonchev–Trinajstić information content (AvgIpc) is 2.93. The normalized spacial score (nSPS) is 18.0. The summed E-state index contributed by atoms with van der Waals surface area (Å²) >= 11 is 5.52. The summed E-state index contributed by atoms with van der Waals surface area (Å²) in [5.41, 5.74) is 8.47. The molecule has 0 radical (unpaired) electrons. The molecule has 3 rings (SSSR count). The quantitative estimate of drug-likeness (QED) is 0.399. The Morgan fingerprint density at radius 3 is 2.90 bits per heavy atom. The molecule has 7 heteroatoms. The van der Waals surface area contributed by atoms with E-state index in [4.69, 9.17) is 10.5 Å². The van der Waals surface area contributed by atoms with E-state index in [0.717, 1.165) is 53.4 Å². The topological polar surface area (TPSA) is 50.9 Å². The van der Waals surface area contributed by atoms with Crippen LogP contribution in [0.3, 0.4) is 0 Å². The van der Waals surface area contributed by atoms with Crippen molar-refractivity contribution in [2.75, 3.05) is 31.2 Å². The van der Waals surface area contributed by atoms with E-state index < -0.39 is 0 Å². The number of thioether (sulfide) groups is 1. The largest absolute Gasteiger partial charge is 0.493 e. The molecule has 4 nitrogen and oxygen atoms in total. The third-order valence-corrected chi connectivity index (χ3v) is 4.97. The maximum atomic E-state index is 6.09. The number of hydrogen-bond acceptors (Lipinski definition) is 3. The van der Waals surface area contributed by atoms with Crippen LogP contribution in [0.1, 0.15) is 11.1 Å². The number of fused-ring (bicyclic) bond motifs is 1. The predicted octanol–water partition coefficient (Wildman–Crippen LogP) is 2.87. The van der Waals surface area contributed by atoms with Crippen LogP contribution in [0.2, 0.25) is 0 Å². The first-order valence-electron chi connectivity index (χ1n) is 6.81. The highest BCUT2D eigenvalue weighted by Gasteiger charge is 2.18. The zero-order valence-corrected chi connectivity index (χ0v) is 16.4. The number of nitrogens with two attached hydrogens (primary N) is 1. The number of halogens is 2. The average molecular weight is 484 g/mol. The van der Waals surface area contributed by atoms with Gasteiger partial charge in [-0.15, -0.1) is 24.0 Å². The van der Waals surface area contributed by atoms with E-state index in [0.29, 0.717) is 12.5 Å². The molecule has 0 saturated carbocycles. The van der Waals surface area contributed by atoms with Crippen LogP contribution in [0, 0.1) is 0 Å². The molecule has 2 heterocycles. The second kappa shape index (κ2) is 7.92. The fourth-order valence-electron chi connectivity index (χ4n) is 2.52. The van der Waals surface area contributed by atoms with E-state index in [-0.39, 0.29) is 24.0 Å². The first-order valence-corrected chi connectivity index (χ1v) is 8.75. The lowest BCUT2D eigenvalue weighted by atomic mass is 10.1. The number of nitrogens with zero attached hydrogens (tertiary/aromatic N) is 2. The molecule has 0 unspecified atom stereocenters. The summed E-state index contributed by atoms with van der Waals surface area (Å²) in [6, 6.07) is 4.20.